The maximum atomic E-state index is 12.1. The van der Waals surface area contributed by atoms with Crippen LogP contribution < -0.4 is 0 Å². The number of hydrogen-bond acceptors (Lipinski definition) is 3. The van der Waals surface area contributed by atoms with Crippen LogP contribution in [0.4, 0.5) is 0 Å². The smallest absolute Gasteiger partial charge is 0.331 e. The van der Waals surface area contributed by atoms with Crippen molar-refractivity contribution in [2.45, 2.75) is 46.6 Å². The first-order valence-electron chi connectivity index (χ1n) is 6.38. The summed E-state index contributed by atoms with van der Waals surface area (Å²) in [7, 11) is 1.36. The fraction of sp³-hybridized carbons (Fsp3) is 0.600. The number of Topliss-reactive ketones (excluding diaryl/α,β-unsaturated/α-hetero) is 1. The van der Waals surface area contributed by atoms with Crippen LogP contribution in [0.15, 0.2) is 18.5 Å². The van der Waals surface area contributed by atoms with Crippen LogP contribution >= 0.6 is 0 Å². The van der Waals surface area contributed by atoms with Crippen molar-refractivity contribution in [2.75, 3.05) is 7.11 Å². The molecule has 1 heterocycles. The molecule has 0 N–H and O–H groups in total. The second kappa shape index (κ2) is 5.19. The van der Waals surface area contributed by atoms with Gasteiger partial charge in [0.25, 0.3) is 0 Å². The third-order valence-corrected chi connectivity index (χ3v) is 3.04. The van der Waals surface area contributed by atoms with E-state index in [-0.39, 0.29) is 17.2 Å². The summed E-state index contributed by atoms with van der Waals surface area (Å²) in [6.07, 6.45) is 3.94. The number of nitrogens with zero attached hydrogens (tertiary/aromatic N) is 1. The van der Waals surface area contributed by atoms with Crippen molar-refractivity contribution in [3.05, 3.63) is 24.0 Å². The van der Waals surface area contributed by atoms with Crippen LogP contribution in [0.25, 0.3) is 0 Å². The number of carbonyl (C=O) groups excluding carboxylic acids is 2. The standard InChI is InChI=1S/C15H23NO3/c1-14(2,3)9-12(17)11-7-8-16(10-11)15(4,5)13(18)19-6/h7-8,10H,9H2,1-6H3. The zero-order valence-electron chi connectivity index (χ0n) is 12.6. The van der Waals surface area contributed by atoms with E-state index in [0.717, 1.165) is 0 Å². The molecule has 1 rings (SSSR count). The Morgan fingerprint density at radius 2 is 1.79 bits per heavy atom. The molecule has 0 amide bonds. The molecule has 0 saturated carbocycles. The van der Waals surface area contributed by atoms with Crippen LogP contribution in [0.1, 0.15) is 51.4 Å². The van der Waals surface area contributed by atoms with E-state index >= 15 is 0 Å². The average molecular weight is 265 g/mol. The molecule has 4 heteroatoms. The van der Waals surface area contributed by atoms with Gasteiger partial charge in [0.1, 0.15) is 5.54 Å². The molecule has 1 aromatic heterocycles. The lowest BCUT2D eigenvalue weighted by Gasteiger charge is -2.23. The van der Waals surface area contributed by atoms with Crippen molar-refractivity contribution >= 4 is 11.8 Å². The molecule has 0 aromatic carbocycles. The van der Waals surface area contributed by atoms with Gasteiger partial charge in [-0.25, -0.2) is 4.79 Å². The topological polar surface area (TPSA) is 48.3 Å². The van der Waals surface area contributed by atoms with Crippen LogP contribution in [0.2, 0.25) is 0 Å². The number of hydrogen-bond donors (Lipinski definition) is 0. The first kappa shape index (κ1) is 15.5. The molecular weight excluding hydrogens is 242 g/mol. The van der Waals surface area contributed by atoms with E-state index in [2.05, 4.69) is 0 Å². The molecule has 0 radical (unpaired) electrons. The fourth-order valence-electron chi connectivity index (χ4n) is 1.85. The van der Waals surface area contributed by atoms with E-state index in [4.69, 9.17) is 4.74 Å². The lowest BCUT2D eigenvalue weighted by atomic mass is 9.88. The van der Waals surface area contributed by atoms with Crippen LogP contribution in [-0.2, 0) is 15.1 Å². The van der Waals surface area contributed by atoms with E-state index in [1.165, 1.54) is 7.11 Å². The van der Waals surface area contributed by atoms with Gasteiger partial charge in [-0.1, -0.05) is 20.8 Å². The number of methoxy groups -OCH3 is 1. The van der Waals surface area contributed by atoms with E-state index in [0.29, 0.717) is 12.0 Å². The predicted molar refractivity (Wildman–Crippen MR) is 74.2 cm³/mol. The summed E-state index contributed by atoms with van der Waals surface area (Å²) in [4.78, 5) is 23.8. The summed E-state index contributed by atoms with van der Waals surface area (Å²) >= 11 is 0. The van der Waals surface area contributed by atoms with Crippen molar-refractivity contribution in [2.24, 2.45) is 5.41 Å². The Morgan fingerprint density at radius 1 is 1.21 bits per heavy atom. The summed E-state index contributed by atoms with van der Waals surface area (Å²) in [5.41, 5.74) is -0.224. The van der Waals surface area contributed by atoms with Crippen molar-refractivity contribution < 1.29 is 14.3 Å². The quantitative estimate of drug-likeness (QED) is 0.621. The Kier molecular flexibility index (Phi) is 4.23. The Balaban J connectivity index is 2.95. The van der Waals surface area contributed by atoms with Crippen molar-refractivity contribution in [1.29, 1.82) is 0 Å². The predicted octanol–water partition coefficient (Wildman–Crippen LogP) is 3.02. The van der Waals surface area contributed by atoms with E-state index in [1.54, 1.807) is 36.9 Å². The highest BCUT2D eigenvalue weighted by molar-refractivity contribution is 5.96. The van der Waals surface area contributed by atoms with Crippen molar-refractivity contribution in [3.63, 3.8) is 0 Å². The van der Waals surface area contributed by atoms with Gasteiger partial charge in [-0.15, -0.1) is 0 Å². The lowest BCUT2D eigenvalue weighted by Crippen LogP contribution is -2.35. The van der Waals surface area contributed by atoms with E-state index < -0.39 is 5.54 Å². The first-order chi connectivity index (χ1) is 8.58. The first-order valence-corrected chi connectivity index (χ1v) is 6.38. The molecule has 0 aliphatic carbocycles. The molecule has 0 fully saturated rings. The number of carbonyl (C=O) groups is 2. The molecule has 0 unspecified atom stereocenters. The number of ketones is 1. The van der Waals surface area contributed by atoms with Crippen LogP contribution in [0.3, 0.4) is 0 Å². The number of rotatable bonds is 4. The minimum atomic E-state index is -0.811. The Bertz CT molecular complexity index is 478. The highest BCUT2D eigenvalue weighted by atomic mass is 16.5. The summed E-state index contributed by atoms with van der Waals surface area (Å²) in [5.74, 6) is -0.246. The molecule has 4 nitrogen and oxygen atoms in total. The Hall–Kier alpha value is -1.58. The SMILES string of the molecule is COC(=O)C(C)(C)n1ccc(C(=O)CC(C)(C)C)c1. The van der Waals surface area contributed by atoms with Crippen LogP contribution in [0, 0.1) is 5.41 Å². The lowest BCUT2D eigenvalue weighted by molar-refractivity contribution is -0.149. The average Bonchev–Trinajstić information content (AvgIpc) is 2.75. The van der Waals surface area contributed by atoms with Gasteiger partial charge in [0, 0.05) is 24.4 Å². The van der Waals surface area contributed by atoms with E-state index in [9.17, 15) is 9.59 Å². The van der Waals surface area contributed by atoms with Crippen LogP contribution in [-0.4, -0.2) is 23.4 Å². The summed E-state index contributed by atoms with van der Waals surface area (Å²) in [6, 6.07) is 1.75. The number of ether oxygens (including phenoxy) is 1. The Morgan fingerprint density at radius 3 is 2.26 bits per heavy atom. The maximum Gasteiger partial charge on any atom is 0.331 e. The van der Waals surface area contributed by atoms with Gasteiger partial charge in [-0.05, 0) is 25.3 Å². The second-order valence-electron chi connectivity index (χ2n) is 6.52. The number of esters is 1. The zero-order chi connectivity index (χ0) is 14.8. The minimum Gasteiger partial charge on any atom is -0.467 e. The maximum absolute atomic E-state index is 12.1. The fourth-order valence-corrected chi connectivity index (χ4v) is 1.85. The molecule has 0 atom stereocenters. The molecule has 0 aliphatic rings. The van der Waals surface area contributed by atoms with Gasteiger partial charge in [-0.2, -0.15) is 0 Å². The molecule has 0 aliphatic heterocycles. The van der Waals surface area contributed by atoms with Gasteiger partial charge in [0.15, 0.2) is 5.78 Å². The van der Waals surface area contributed by atoms with Crippen molar-refractivity contribution in [1.82, 2.24) is 4.57 Å². The summed E-state index contributed by atoms with van der Waals surface area (Å²) in [6.45, 7) is 9.61. The zero-order valence-corrected chi connectivity index (χ0v) is 12.6. The van der Waals surface area contributed by atoms with Gasteiger partial charge < -0.3 is 9.30 Å². The number of aromatic nitrogens is 1. The second-order valence-corrected chi connectivity index (χ2v) is 6.52. The van der Waals surface area contributed by atoms with Gasteiger partial charge >= 0.3 is 5.97 Å². The minimum absolute atomic E-state index is 0.0446. The monoisotopic (exact) mass is 265 g/mol. The summed E-state index contributed by atoms with van der Waals surface area (Å²) in [5, 5.41) is 0. The largest absolute Gasteiger partial charge is 0.467 e. The van der Waals surface area contributed by atoms with E-state index in [1.807, 2.05) is 20.8 Å². The molecule has 19 heavy (non-hydrogen) atoms. The third kappa shape index (κ3) is 3.69. The highest BCUT2D eigenvalue weighted by Gasteiger charge is 2.31. The van der Waals surface area contributed by atoms with Gasteiger partial charge in [-0.3, -0.25) is 4.79 Å². The highest BCUT2D eigenvalue weighted by Crippen LogP contribution is 2.24. The van der Waals surface area contributed by atoms with Gasteiger partial charge in [0.05, 0.1) is 7.11 Å². The van der Waals surface area contributed by atoms with Crippen LogP contribution in [0.5, 0.6) is 0 Å². The Labute approximate surface area is 114 Å². The normalized spacial score (nSPS) is 12.3. The molecule has 0 bridgehead atoms. The molecular formula is C15H23NO3. The molecule has 0 spiro atoms. The third-order valence-electron chi connectivity index (χ3n) is 3.04. The molecule has 106 valence electrons. The van der Waals surface area contributed by atoms with Gasteiger partial charge in [0.2, 0.25) is 0 Å². The van der Waals surface area contributed by atoms with Crippen molar-refractivity contribution in [3.8, 4) is 0 Å². The summed E-state index contributed by atoms with van der Waals surface area (Å²) < 4.78 is 6.49. The molecule has 1 aromatic rings. The molecule has 0 saturated heterocycles.